The summed E-state index contributed by atoms with van der Waals surface area (Å²) in [6, 6.07) is 6.11. The van der Waals surface area contributed by atoms with Crippen molar-refractivity contribution in [3.8, 4) is 17.3 Å². The smallest absolute Gasteiger partial charge is 0.247 e. The Bertz CT molecular complexity index is 1490. The largest absolute Gasteiger partial charge is 0.383 e. The Balaban J connectivity index is 1.37. The van der Waals surface area contributed by atoms with E-state index < -0.39 is 0 Å². The number of H-pyrrole nitrogens is 1. The van der Waals surface area contributed by atoms with Crippen LogP contribution in [0.5, 0.6) is 0 Å². The Morgan fingerprint density at radius 1 is 1.26 bits per heavy atom. The summed E-state index contributed by atoms with van der Waals surface area (Å²) in [7, 11) is 0. The third-order valence-corrected chi connectivity index (χ3v) is 6.67. The lowest BCUT2D eigenvalue weighted by Crippen LogP contribution is -2.40. The molecular formula is C24H23N9O. The maximum absolute atomic E-state index is 12.9. The van der Waals surface area contributed by atoms with E-state index in [1.54, 1.807) is 11.1 Å². The Hall–Kier alpha value is -4.26. The number of fused-ring (bicyclic) bond motifs is 2. The molecule has 1 saturated heterocycles. The van der Waals surface area contributed by atoms with Gasteiger partial charge in [-0.3, -0.25) is 4.79 Å². The molecule has 1 aliphatic heterocycles. The van der Waals surface area contributed by atoms with Crippen molar-refractivity contribution >= 4 is 33.8 Å². The van der Waals surface area contributed by atoms with Gasteiger partial charge in [0.25, 0.3) is 0 Å². The number of amides is 1. The van der Waals surface area contributed by atoms with Crippen LogP contribution in [0, 0.1) is 17.2 Å². The van der Waals surface area contributed by atoms with Gasteiger partial charge in [-0.25, -0.2) is 19.6 Å². The first-order valence-electron chi connectivity index (χ1n) is 11.4. The van der Waals surface area contributed by atoms with Crippen molar-refractivity contribution in [2.24, 2.45) is 5.92 Å². The van der Waals surface area contributed by atoms with Crippen molar-refractivity contribution in [1.82, 2.24) is 34.6 Å². The molecule has 0 bridgehead atoms. The zero-order valence-corrected chi connectivity index (χ0v) is 18.5. The Morgan fingerprint density at radius 3 is 2.97 bits per heavy atom. The molecule has 1 saturated carbocycles. The zero-order chi connectivity index (χ0) is 23.2. The number of hydrogen-bond donors (Lipinski definition) is 2. The number of nitrogens with zero attached hydrogens (tertiary/aromatic N) is 7. The van der Waals surface area contributed by atoms with Crippen LogP contribution in [0.2, 0.25) is 0 Å². The summed E-state index contributed by atoms with van der Waals surface area (Å²) in [6.07, 6.45) is 10.2. The van der Waals surface area contributed by atoms with E-state index in [9.17, 15) is 10.1 Å². The first-order chi connectivity index (χ1) is 16.6. The number of nitrogens with one attached hydrogen (secondary N) is 1. The minimum Gasteiger partial charge on any atom is -0.383 e. The fourth-order valence-electron chi connectivity index (χ4n) is 4.74. The highest BCUT2D eigenvalue weighted by atomic mass is 16.2. The fourth-order valence-corrected chi connectivity index (χ4v) is 4.74. The number of anilines is 1. The maximum atomic E-state index is 12.9. The van der Waals surface area contributed by atoms with E-state index in [1.807, 2.05) is 23.0 Å². The molecule has 0 unspecified atom stereocenters. The van der Waals surface area contributed by atoms with Crippen molar-refractivity contribution in [2.45, 2.75) is 31.7 Å². The number of allylic oxidation sites excluding steroid dienone is 1. The molecule has 4 aromatic heterocycles. The molecule has 10 nitrogen and oxygen atoms in total. The molecule has 170 valence electrons. The van der Waals surface area contributed by atoms with Crippen LogP contribution >= 0.6 is 0 Å². The van der Waals surface area contributed by atoms with Gasteiger partial charge in [-0.1, -0.05) is 0 Å². The Kier molecular flexibility index (Phi) is 4.76. The van der Waals surface area contributed by atoms with Crippen molar-refractivity contribution in [1.29, 1.82) is 5.26 Å². The number of nitriles is 1. The lowest BCUT2D eigenvalue weighted by atomic mass is 10.0. The Labute approximate surface area is 195 Å². The molecule has 34 heavy (non-hydrogen) atoms. The number of rotatable bonds is 4. The molecule has 6 rings (SSSR count). The minimum atomic E-state index is -0.110. The van der Waals surface area contributed by atoms with Gasteiger partial charge in [0.2, 0.25) is 5.91 Å². The second-order valence-corrected chi connectivity index (χ2v) is 8.96. The number of nitrogen functional groups attached to an aromatic ring is 1. The van der Waals surface area contributed by atoms with E-state index in [1.165, 1.54) is 12.4 Å². The van der Waals surface area contributed by atoms with Crippen LogP contribution < -0.4 is 5.73 Å². The van der Waals surface area contributed by atoms with Gasteiger partial charge in [-0.15, -0.1) is 0 Å². The van der Waals surface area contributed by atoms with E-state index >= 15 is 0 Å². The van der Waals surface area contributed by atoms with Gasteiger partial charge in [0.1, 0.15) is 23.5 Å². The standard InChI is InChI=1S/C24H23N9O/c25-10-16(14-3-4-14)9-19(34)32-7-1-2-18(12-32)33-24-20(22(26)29-13-30-24)21(31-33)17-8-15-5-6-27-23(15)28-11-17/h5-6,8-9,11,13-14,18H,1-4,7,12H2,(H,27,28)(H2,26,29,30)/b16-9-/t18-/m1/s1. The van der Waals surface area contributed by atoms with Gasteiger partial charge in [0.15, 0.2) is 5.65 Å². The first-order valence-corrected chi connectivity index (χ1v) is 11.4. The summed E-state index contributed by atoms with van der Waals surface area (Å²) in [5.41, 5.74) is 9.81. The van der Waals surface area contributed by atoms with Gasteiger partial charge < -0.3 is 15.6 Å². The van der Waals surface area contributed by atoms with E-state index in [2.05, 4.69) is 26.0 Å². The number of nitrogens with two attached hydrogens (primary N) is 1. The molecule has 1 aliphatic carbocycles. The van der Waals surface area contributed by atoms with Gasteiger partial charge in [0, 0.05) is 48.1 Å². The molecule has 0 aromatic carbocycles. The number of carbonyl (C=O) groups is 1. The van der Waals surface area contributed by atoms with Crippen LogP contribution in [0.3, 0.4) is 0 Å². The van der Waals surface area contributed by atoms with Crippen LogP contribution in [-0.4, -0.2) is 53.6 Å². The molecule has 4 aromatic rings. The number of hydrogen-bond acceptors (Lipinski definition) is 7. The number of likely N-dealkylation sites (tertiary alicyclic amines) is 1. The number of pyridine rings is 1. The summed E-state index contributed by atoms with van der Waals surface area (Å²) in [6.45, 7) is 1.15. The van der Waals surface area contributed by atoms with Crippen LogP contribution in [0.1, 0.15) is 31.7 Å². The van der Waals surface area contributed by atoms with E-state index in [4.69, 9.17) is 10.8 Å². The van der Waals surface area contributed by atoms with Crippen LogP contribution in [0.15, 0.2) is 42.5 Å². The fraction of sp³-hybridized carbons (Fsp3) is 0.333. The van der Waals surface area contributed by atoms with Crippen molar-refractivity contribution in [2.75, 3.05) is 18.8 Å². The predicted octanol–water partition coefficient (Wildman–Crippen LogP) is 2.98. The van der Waals surface area contributed by atoms with E-state index in [-0.39, 0.29) is 17.9 Å². The van der Waals surface area contributed by atoms with Crippen molar-refractivity contribution < 1.29 is 4.79 Å². The maximum Gasteiger partial charge on any atom is 0.247 e. The summed E-state index contributed by atoms with van der Waals surface area (Å²) in [5, 5.41) is 16.0. The molecule has 5 heterocycles. The molecule has 2 aliphatic rings. The lowest BCUT2D eigenvalue weighted by molar-refractivity contribution is -0.127. The third-order valence-electron chi connectivity index (χ3n) is 6.67. The van der Waals surface area contributed by atoms with Gasteiger partial charge in [-0.2, -0.15) is 10.4 Å². The summed E-state index contributed by atoms with van der Waals surface area (Å²) in [4.78, 5) is 31.0. The van der Waals surface area contributed by atoms with Gasteiger partial charge >= 0.3 is 0 Å². The summed E-state index contributed by atoms with van der Waals surface area (Å²) < 4.78 is 1.87. The van der Waals surface area contributed by atoms with Gasteiger partial charge in [0.05, 0.1) is 17.5 Å². The number of carbonyl (C=O) groups excluding carboxylic acids is 1. The SMILES string of the molecule is N#C/C(=C/C(=O)N1CCC[C@@H](n2nc(-c3cnc4[nH]ccc4c3)c3c(N)ncnc32)C1)C1CC1. The highest BCUT2D eigenvalue weighted by Crippen LogP contribution is 2.37. The molecule has 10 heteroatoms. The van der Waals surface area contributed by atoms with Crippen LogP contribution in [0.4, 0.5) is 5.82 Å². The first kappa shape index (κ1) is 20.4. The summed E-state index contributed by atoms with van der Waals surface area (Å²) in [5.74, 6) is 0.495. The average molecular weight is 454 g/mol. The molecule has 2 fully saturated rings. The van der Waals surface area contributed by atoms with E-state index in [0.29, 0.717) is 41.2 Å². The van der Waals surface area contributed by atoms with Gasteiger partial charge in [-0.05, 0) is 43.7 Å². The molecular weight excluding hydrogens is 430 g/mol. The molecule has 0 radical (unpaired) electrons. The van der Waals surface area contributed by atoms with Crippen molar-refractivity contribution in [3.63, 3.8) is 0 Å². The highest BCUT2D eigenvalue weighted by molar-refractivity contribution is 5.99. The zero-order valence-electron chi connectivity index (χ0n) is 18.5. The molecule has 3 N–H and O–H groups in total. The van der Waals surface area contributed by atoms with Crippen molar-refractivity contribution in [3.05, 3.63) is 42.5 Å². The van der Waals surface area contributed by atoms with E-state index in [0.717, 1.165) is 42.3 Å². The lowest BCUT2D eigenvalue weighted by Gasteiger charge is -2.32. The predicted molar refractivity (Wildman–Crippen MR) is 126 cm³/mol. The molecule has 1 atom stereocenters. The second kappa shape index (κ2) is 7.95. The number of aromatic nitrogens is 6. The second-order valence-electron chi connectivity index (χ2n) is 8.96. The topological polar surface area (TPSA) is 142 Å². The van der Waals surface area contributed by atoms with Crippen LogP contribution in [-0.2, 0) is 4.79 Å². The number of piperidine rings is 1. The molecule has 1 amide bonds. The normalized spacial score (nSPS) is 19.0. The quantitative estimate of drug-likeness (QED) is 0.357. The van der Waals surface area contributed by atoms with Crippen LogP contribution in [0.25, 0.3) is 33.3 Å². The highest BCUT2D eigenvalue weighted by Gasteiger charge is 2.30. The monoisotopic (exact) mass is 453 g/mol. The average Bonchev–Trinajstić information content (AvgIpc) is 3.46. The number of aromatic amines is 1. The minimum absolute atomic E-state index is 0.0629. The molecule has 0 spiro atoms. The summed E-state index contributed by atoms with van der Waals surface area (Å²) >= 11 is 0. The third kappa shape index (κ3) is 3.46. The Morgan fingerprint density at radius 2 is 2.15 bits per heavy atom.